The molecule has 0 aliphatic heterocycles. The van der Waals surface area contributed by atoms with Gasteiger partial charge in [-0.3, -0.25) is 4.99 Å². The third-order valence-corrected chi connectivity index (χ3v) is 5.71. The number of nitrogens with one attached hydrogen (secondary N) is 3. The minimum Gasteiger partial charge on any atom is -0.355 e. The summed E-state index contributed by atoms with van der Waals surface area (Å²) in [6, 6.07) is 0. The van der Waals surface area contributed by atoms with Gasteiger partial charge in [0.05, 0.1) is 5.75 Å². The van der Waals surface area contributed by atoms with Gasteiger partial charge in [-0.25, -0.2) is 13.1 Å². The number of nitrogens with zero attached hydrogens (tertiary/aromatic N) is 4. The van der Waals surface area contributed by atoms with Crippen molar-refractivity contribution in [2.45, 2.75) is 39.2 Å². The van der Waals surface area contributed by atoms with Gasteiger partial charge in [0.1, 0.15) is 12.2 Å². The lowest BCUT2D eigenvalue weighted by Crippen LogP contribution is -2.42. The lowest BCUT2D eigenvalue weighted by Gasteiger charge is -2.25. The maximum atomic E-state index is 12.0. The molecular weight excluding hydrogens is 342 g/mol. The summed E-state index contributed by atoms with van der Waals surface area (Å²) in [4.78, 5) is 4.10. The Morgan fingerprint density at radius 1 is 1.36 bits per heavy atom. The fourth-order valence-corrected chi connectivity index (χ4v) is 3.58. The fraction of sp³-hybridized carbons (Fsp3) is 0.800. The topological polar surface area (TPSA) is 113 Å². The maximum absolute atomic E-state index is 12.0. The zero-order chi connectivity index (χ0) is 18.1. The monoisotopic (exact) mass is 371 g/mol. The first-order valence-electron chi connectivity index (χ1n) is 8.82. The number of hydrogen-bond donors (Lipinski definition) is 3. The van der Waals surface area contributed by atoms with Gasteiger partial charge in [0.2, 0.25) is 10.0 Å². The highest BCUT2D eigenvalue weighted by Gasteiger charge is 2.20. The van der Waals surface area contributed by atoms with E-state index >= 15 is 0 Å². The average molecular weight is 372 g/mol. The highest BCUT2D eigenvalue weighted by atomic mass is 32.2. The molecule has 0 atom stereocenters. The van der Waals surface area contributed by atoms with E-state index in [0.29, 0.717) is 31.5 Å². The van der Waals surface area contributed by atoms with Crippen LogP contribution in [0.25, 0.3) is 0 Å². The zero-order valence-electron chi connectivity index (χ0n) is 15.0. The molecule has 1 aromatic heterocycles. The summed E-state index contributed by atoms with van der Waals surface area (Å²) < 4.78 is 28.6. The molecular formula is C15H29N7O2S. The van der Waals surface area contributed by atoms with Crippen LogP contribution in [-0.2, 0) is 23.0 Å². The number of sulfonamides is 1. The molecule has 1 aliphatic carbocycles. The molecule has 142 valence electrons. The third kappa shape index (κ3) is 6.62. The summed E-state index contributed by atoms with van der Waals surface area (Å²) in [6.45, 7) is 4.28. The molecule has 1 heterocycles. The molecule has 9 nitrogen and oxygen atoms in total. The predicted molar refractivity (Wildman–Crippen MR) is 97.9 cm³/mol. The number of aromatic nitrogens is 3. The minimum atomic E-state index is -3.24. The molecule has 0 spiro atoms. The van der Waals surface area contributed by atoms with Crippen molar-refractivity contribution in [3.8, 4) is 0 Å². The van der Waals surface area contributed by atoms with E-state index in [-0.39, 0.29) is 5.75 Å². The summed E-state index contributed by atoms with van der Waals surface area (Å²) in [6.07, 6.45) is 6.01. The van der Waals surface area contributed by atoms with Crippen LogP contribution in [-0.4, -0.2) is 61.6 Å². The predicted octanol–water partition coefficient (Wildman–Crippen LogP) is -0.275. The maximum Gasteiger partial charge on any atom is 0.213 e. The molecule has 3 N–H and O–H groups in total. The number of hydrogen-bond acceptors (Lipinski definition) is 5. The molecule has 0 saturated heterocycles. The van der Waals surface area contributed by atoms with E-state index < -0.39 is 10.0 Å². The van der Waals surface area contributed by atoms with E-state index in [0.717, 1.165) is 31.6 Å². The van der Waals surface area contributed by atoms with Crippen molar-refractivity contribution in [2.75, 3.05) is 32.4 Å². The molecule has 0 amide bonds. The van der Waals surface area contributed by atoms with Crippen LogP contribution in [0.5, 0.6) is 0 Å². The Labute approximate surface area is 149 Å². The molecule has 0 unspecified atom stereocenters. The van der Waals surface area contributed by atoms with Crippen LogP contribution in [0, 0.1) is 5.92 Å². The van der Waals surface area contributed by atoms with E-state index in [2.05, 4.69) is 30.5 Å². The van der Waals surface area contributed by atoms with E-state index in [9.17, 15) is 8.42 Å². The summed E-state index contributed by atoms with van der Waals surface area (Å²) in [7, 11) is -1.58. The molecule has 1 fully saturated rings. The Morgan fingerprint density at radius 2 is 2.12 bits per heavy atom. The van der Waals surface area contributed by atoms with Crippen LogP contribution in [0.4, 0.5) is 0 Å². The lowest BCUT2D eigenvalue weighted by molar-refractivity contribution is 0.316. The highest BCUT2D eigenvalue weighted by molar-refractivity contribution is 7.89. The van der Waals surface area contributed by atoms with E-state index in [4.69, 9.17) is 0 Å². The van der Waals surface area contributed by atoms with Crippen LogP contribution < -0.4 is 15.4 Å². The summed E-state index contributed by atoms with van der Waals surface area (Å²) >= 11 is 0. The van der Waals surface area contributed by atoms with Gasteiger partial charge >= 0.3 is 0 Å². The van der Waals surface area contributed by atoms with Gasteiger partial charge in [-0.15, -0.1) is 10.2 Å². The third-order valence-electron chi connectivity index (χ3n) is 4.36. The highest BCUT2D eigenvalue weighted by Crippen LogP contribution is 2.25. The van der Waals surface area contributed by atoms with Gasteiger partial charge in [-0.1, -0.05) is 13.3 Å². The first kappa shape index (κ1) is 19.6. The Morgan fingerprint density at radius 3 is 2.76 bits per heavy atom. The molecule has 2 rings (SSSR count). The van der Waals surface area contributed by atoms with Crippen molar-refractivity contribution in [1.82, 2.24) is 30.1 Å². The van der Waals surface area contributed by atoms with Crippen molar-refractivity contribution in [2.24, 2.45) is 10.9 Å². The number of guanidine groups is 1. The Kier molecular flexibility index (Phi) is 7.63. The second kappa shape index (κ2) is 9.71. The number of aliphatic imine (C=N–C) groups is 1. The van der Waals surface area contributed by atoms with E-state index in [1.807, 2.05) is 11.5 Å². The van der Waals surface area contributed by atoms with E-state index in [1.54, 1.807) is 13.4 Å². The number of rotatable bonds is 10. The van der Waals surface area contributed by atoms with Crippen LogP contribution >= 0.6 is 0 Å². The van der Waals surface area contributed by atoms with Crippen molar-refractivity contribution in [3.05, 3.63) is 12.2 Å². The van der Waals surface area contributed by atoms with Crippen LogP contribution in [0.2, 0.25) is 0 Å². The van der Waals surface area contributed by atoms with Gasteiger partial charge < -0.3 is 15.2 Å². The summed E-state index contributed by atoms with van der Waals surface area (Å²) in [5.74, 6) is 2.07. The summed E-state index contributed by atoms with van der Waals surface area (Å²) in [5.41, 5.74) is 0. The van der Waals surface area contributed by atoms with Crippen molar-refractivity contribution >= 4 is 16.0 Å². The minimum absolute atomic E-state index is 0.0336. The Bertz CT molecular complexity index is 653. The molecule has 0 bridgehead atoms. The smallest absolute Gasteiger partial charge is 0.213 e. The van der Waals surface area contributed by atoms with Crippen molar-refractivity contribution in [1.29, 1.82) is 0 Å². The van der Waals surface area contributed by atoms with Crippen molar-refractivity contribution in [3.63, 3.8) is 0 Å². The van der Waals surface area contributed by atoms with Crippen LogP contribution in [0.15, 0.2) is 11.3 Å². The Balaban J connectivity index is 1.64. The average Bonchev–Trinajstić information content (AvgIpc) is 2.99. The van der Waals surface area contributed by atoms with E-state index in [1.165, 1.54) is 6.42 Å². The normalized spacial score (nSPS) is 15.8. The number of aryl methyl sites for hydroxylation is 1. The molecule has 1 saturated carbocycles. The van der Waals surface area contributed by atoms with Gasteiger partial charge in [-0.05, 0) is 18.8 Å². The second-order valence-corrected chi connectivity index (χ2v) is 8.11. The van der Waals surface area contributed by atoms with Gasteiger partial charge in [0, 0.05) is 39.6 Å². The first-order valence-corrected chi connectivity index (χ1v) is 10.5. The molecule has 1 aromatic rings. The molecule has 1 aliphatic rings. The quantitative estimate of drug-likeness (QED) is 0.385. The largest absolute Gasteiger partial charge is 0.355 e. The zero-order valence-corrected chi connectivity index (χ0v) is 15.8. The van der Waals surface area contributed by atoms with Crippen LogP contribution in [0.3, 0.4) is 0 Å². The summed E-state index contributed by atoms with van der Waals surface area (Å²) in [5, 5.41) is 14.1. The Hall–Kier alpha value is -1.68. The lowest BCUT2D eigenvalue weighted by atomic mass is 9.86. The molecule has 25 heavy (non-hydrogen) atoms. The van der Waals surface area contributed by atoms with Crippen molar-refractivity contribution < 1.29 is 8.42 Å². The molecule has 10 heteroatoms. The van der Waals surface area contributed by atoms with Gasteiger partial charge in [0.15, 0.2) is 5.96 Å². The van der Waals surface area contributed by atoms with Gasteiger partial charge in [-0.2, -0.15) is 0 Å². The SMILES string of the molecule is CCc1nncn1CCNC(=NC)NCCS(=O)(=O)NCC1CCC1. The fourth-order valence-electron chi connectivity index (χ4n) is 2.57. The first-order chi connectivity index (χ1) is 12.0. The standard InChI is InChI=1S/C15H29N7O2S/c1-3-14-21-19-12-22(14)9-7-17-15(16-2)18-8-10-25(23,24)20-11-13-5-4-6-13/h12-13,20H,3-11H2,1-2H3,(H2,16,17,18). The second-order valence-electron chi connectivity index (χ2n) is 6.18. The molecule has 0 aromatic carbocycles. The van der Waals surface area contributed by atoms with Crippen LogP contribution in [0.1, 0.15) is 32.0 Å². The van der Waals surface area contributed by atoms with Gasteiger partial charge in [0.25, 0.3) is 0 Å². The molecule has 0 radical (unpaired) electrons.